The van der Waals surface area contributed by atoms with E-state index in [0.717, 1.165) is 28.2 Å². The van der Waals surface area contributed by atoms with E-state index in [0.29, 0.717) is 10.1 Å². The monoisotopic (exact) mass is 405 g/mol. The Kier molecular flexibility index (Phi) is 4.15. The second-order valence-corrected chi connectivity index (χ2v) is 6.85. The molecule has 0 amide bonds. The maximum atomic E-state index is 12.9. The molecule has 28 heavy (non-hydrogen) atoms. The van der Waals surface area contributed by atoms with E-state index in [1.54, 1.807) is 18.2 Å². The summed E-state index contributed by atoms with van der Waals surface area (Å²) in [5.74, 6) is -0.708. The van der Waals surface area contributed by atoms with Gasteiger partial charge >= 0.3 is 12.1 Å². The van der Waals surface area contributed by atoms with Crippen LogP contribution in [0, 0.1) is 0 Å². The molecule has 4 aromatic rings. The minimum atomic E-state index is -4.50. The molecule has 10 heteroatoms. The number of nitrogens with zero attached hydrogens (tertiary/aromatic N) is 3. The molecule has 2 aromatic heterocycles. The molecule has 6 nitrogen and oxygen atoms in total. The first-order valence-corrected chi connectivity index (χ1v) is 8.74. The number of rotatable bonds is 2. The van der Waals surface area contributed by atoms with Crippen LogP contribution >= 0.6 is 11.3 Å². The largest absolute Gasteiger partial charge is 0.416 e. The number of fused-ring (bicyclic) bond motifs is 2. The first kappa shape index (κ1) is 18.1. The summed E-state index contributed by atoms with van der Waals surface area (Å²) in [5, 5.41) is 4.72. The van der Waals surface area contributed by atoms with E-state index < -0.39 is 23.3 Å². The van der Waals surface area contributed by atoms with Crippen molar-refractivity contribution in [2.24, 2.45) is 0 Å². The lowest BCUT2D eigenvalue weighted by Gasteiger charge is -2.08. The zero-order valence-corrected chi connectivity index (χ0v) is 15.0. The SMILES string of the molecule is CC(=O)Oc1nn(-c2nc3cc(C(F)(F)F)ccc3s2)c(=O)c2ccccc12. The summed E-state index contributed by atoms with van der Waals surface area (Å²) >= 11 is 1.00. The number of hydrogen-bond acceptors (Lipinski definition) is 6. The Labute approximate surface area is 158 Å². The highest BCUT2D eigenvalue weighted by Crippen LogP contribution is 2.33. The summed E-state index contributed by atoms with van der Waals surface area (Å²) in [6.07, 6.45) is -4.50. The van der Waals surface area contributed by atoms with Crippen molar-refractivity contribution in [3.05, 3.63) is 58.4 Å². The van der Waals surface area contributed by atoms with E-state index >= 15 is 0 Å². The summed E-state index contributed by atoms with van der Waals surface area (Å²) in [6.45, 7) is 1.20. The van der Waals surface area contributed by atoms with E-state index in [-0.39, 0.29) is 21.9 Å². The van der Waals surface area contributed by atoms with Crippen molar-refractivity contribution in [2.75, 3.05) is 0 Å². The third-order valence-corrected chi connectivity index (χ3v) is 4.91. The van der Waals surface area contributed by atoms with Gasteiger partial charge in [0.15, 0.2) is 0 Å². The maximum Gasteiger partial charge on any atom is 0.416 e. The highest BCUT2D eigenvalue weighted by Gasteiger charge is 2.31. The van der Waals surface area contributed by atoms with Crippen molar-refractivity contribution in [1.29, 1.82) is 0 Å². The molecular formula is C18H10F3N3O3S. The molecule has 0 aliphatic rings. The van der Waals surface area contributed by atoms with E-state index in [2.05, 4.69) is 10.1 Å². The highest BCUT2D eigenvalue weighted by atomic mass is 32.1. The van der Waals surface area contributed by atoms with Crippen LogP contribution in [-0.4, -0.2) is 20.7 Å². The maximum absolute atomic E-state index is 12.9. The molecule has 2 aromatic carbocycles. The number of aromatic nitrogens is 3. The van der Waals surface area contributed by atoms with Crippen LogP contribution in [0.4, 0.5) is 13.2 Å². The van der Waals surface area contributed by atoms with Crippen LogP contribution in [0.2, 0.25) is 0 Å². The molecule has 0 aliphatic carbocycles. The van der Waals surface area contributed by atoms with E-state index in [4.69, 9.17) is 4.74 Å². The zero-order valence-electron chi connectivity index (χ0n) is 14.1. The molecule has 0 spiro atoms. The Morgan fingerprint density at radius 1 is 1.14 bits per heavy atom. The summed E-state index contributed by atoms with van der Waals surface area (Å²) in [7, 11) is 0. The molecule has 0 radical (unpaired) electrons. The number of halogens is 3. The highest BCUT2D eigenvalue weighted by molar-refractivity contribution is 7.20. The van der Waals surface area contributed by atoms with Gasteiger partial charge in [-0.2, -0.15) is 17.9 Å². The lowest BCUT2D eigenvalue weighted by Crippen LogP contribution is -2.22. The fraction of sp³-hybridized carbons (Fsp3) is 0.111. The molecule has 0 fully saturated rings. The second-order valence-electron chi connectivity index (χ2n) is 5.84. The predicted molar refractivity (Wildman–Crippen MR) is 96.8 cm³/mol. The fourth-order valence-electron chi connectivity index (χ4n) is 2.68. The number of benzene rings is 2. The summed E-state index contributed by atoms with van der Waals surface area (Å²) in [4.78, 5) is 28.3. The van der Waals surface area contributed by atoms with Crippen molar-refractivity contribution >= 4 is 38.3 Å². The standard InChI is InChI=1S/C18H10F3N3O3S/c1-9(25)27-15-11-4-2-3-5-12(11)16(26)24(23-15)17-22-13-8-10(18(19,20)21)6-7-14(13)28-17/h2-8H,1H3. The Morgan fingerprint density at radius 2 is 1.86 bits per heavy atom. The van der Waals surface area contributed by atoms with E-state index in [1.165, 1.54) is 19.1 Å². The molecule has 0 atom stereocenters. The fourth-order valence-corrected chi connectivity index (χ4v) is 3.58. The van der Waals surface area contributed by atoms with Crippen LogP contribution in [0.3, 0.4) is 0 Å². The van der Waals surface area contributed by atoms with Gasteiger partial charge in [-0.05, 0) is 30.3 Å². The molecule has 4 rings (SSSR count). The Balaban J connectivity index is 1.94. The van der Waals surface area contributed by atoms with Crippen molar-refractivity contribution in [1.82, 2.24) is 14.8 Å². The molecule has 2 heterocycles. The Bertz CT molecular complexity index is 1290. The van der Waals surface area contributed by atoms with Crippen LogP contribution in [0.5, 0.6) is 5.88 Å². The molecular weight excluding hydrogens is 395 g/mol. The number of alkyl halides is 3. The van der Waals surface area contributed by atoms with Crippen molar-refractivity contribution in [2.45, 2.75) is 13.1 Å². The van der Waals surface area contributed by atoms with Gasteiger partial charge in [-0.1, -0.05) is 23.5 Å². The average molecular weight is 405 g/mol. The van der Waals surface area contributed by atoms with Gasteiger partial charge in [0, 0.05) is 6.92 Å². The summed E-state index contributed by atoms with van der Waals surface area (Å²) < 4.78 is 45.2. The molecule has 0 aliphatic heterocycles. The third kappa shape index (κ3) is 3.11. The van der Waals surface area contributed by atoms with Gasteiger partial charge in [-0.25, -0.2) is 4.98 Å². The average Bonchev–Trinajstić information content (AvgIpc) is 3.06. The number of hydrogen-bond donors (Lipinski definition) is 0. The van der Waals surface area contributed by atoms with Gasteiger partial charge in [0.05, 0.1) is 26.6 Å². The first-order valence-electron chi connectivity index (χ1n) is 7.93. The minimum Gasteiger partial charge on any atom is -0.405 e. The van der Waals surface area contributed by atoms with Crippen molar-refractivity contribution < 1.29 is 22.7 Å². The molecule has 0 bridgehead atoms. The van der Waals surface area contributed by atoms with Crippen molar-refractivity contribution in [3.8, 4) is 11.0 Å². The van der Waals surface area contributed by atoms with Crippen LogP contribution in [0.15, 0.2) is 47.3 Å². The lowest BCUT2D eigenvalue weighted by molar-refractivity contribution is -0.137. The molecule has 142 valence electrons. The quantitative estimate of drug-likeness (QED) is 0.473. The normalized spacial score (nSPS) is 11.9. The lowest BCUT2D eigenvalue weighted by atomic mass is 10.2. The van der Waals surface area contributed by atoms with Gasteiger partial charge in [-0.3, -0.25) is 9.59 Å². The van der Waals surface area contributed by atoms with Gasteiger partial charge in [0.25, 0.3) is 5.56 Å². The number of ether oxygens (including phenoxy) is 1. The van der Waals surface area contributed by atoms with E-state index in [9.17, 15) is 22.8 Å². The Morgan fingerprint density at radius 3 is 2.54 bits per heavy atom. The predicted octanol–water partition coefficient (Wildman–Crippen LogP) is 3.94. The van der Waals surface area contributed by atoms with Gasteiger partial charge in [0.1, 0.15) is 0 Å². The first-order chi connectivity index (χ1) is 13.2. The topological polar surface area (TPSA) is 74.1 Å². The van der Waals surface area contributed by atoms with Gasteiger partial charge in [-0.15, -0.1) is 5.10 Å². The number of thiazole rings is 1. The molecule has 0 N–H and O–H groups in total. The van der Waals surface area contributed by atoms with E-state index in [1.807, 2.05) is 0 Å². The summed E-state index contributed by atoms with van der Waals surface area (Å²) in [5.41, 5.74) is -1.27. The van der Waals surface area contributed by atoms with Crippen molar-refractivity contribution in [3.63, 3.8) is 0 Å². The molecule has 0 saturated heterocycles. The smallest absolute Gasteiger partial charge is 0.405 e. The van der Waals surface area contributed by atoms with Gasteiger partial charge < -0.3 is 4.74 Å². The second kappa shape index (κ2) is 6.41. The summed E-state index contributed by atoms with van der Waals surface area (Å²) in [6, 6.07) is 9.58. The van der Waals surface area contributed by atoms with Crippen LogP contribution in [0.1, 0.15) is 12.5 Å². The molecule has 0 unspecified atom stereocenters. The zero-order chi connectivity index (χ0) is 20.1. The van der Waals surface area contributed by atoms with Crippen LogP contribution in [0.25, 0.3) is 26.1 Å². The van der Waals surface area contributed by atoms with Crippen LogP contribution < -0.4 is 10.3 Å². The Hall–Kier alpha value is -3.27. The number of esters is 1. The minimum absolute atomic E-state index is 0.0680. The number of carbonyl (C=O) groups is 1. The third-order valence-electron chi connectivity index (χ3n) is 3.90. The molecule has 0 saturated carbocycles. The number of carbonyl (C=O) groups excluding carboxylic acids is 1. The van der Waals surface area contributed by atoms with Gasteiger partial charge in [0.2, 0.25) is 11.0 Å². The van der Waals surface area contributed by atoms with Crippen LogP contribution in [-0.2, 0) is 11.0 Å².